The number of rotatable bonds is 6. The van der Waals surface area contributed by atoms with E-state index in [4.69, 9.17) is 0 Å². The van der Waals surface area contributed by atoms with Crippen molar-refractivity contribution in [3.05, 3.63) is 0 Å². The van der Waals surface area contributed by atoms with Crippen molar-refractivity contribution in [3.8, 4) is 0 Å². The van der Waals surface area contributed by atoms with Crippen LogP contribution >= 0.6 is 0 Å². The molecule has 27 heavy (non-hydrogen) atoms. The first-order valence-electron chi connectivity index (χ1n) is 8.65. The molecule has 2 rings (SSSR count). The van der Waals surface area contributed by atoms with Gasteiger partial charge >= 0.3 is 6.18 Å². The molecule has 0 bridgehead atoms. The number of hydrogen-bond acceptors (Lipinski definition) is 5. The van der Waals surface area contributed by atoms with E-state index in [9.17, 15) is 36.0 Å². The Morgan fingerprint density at radius 3 is 2.19 bits per heavy atom. The topological polar surface area (TPSA) is 104 Å². The SMILES string of the molecule is O=C(NCC(F)(F)F)C1CCN(S(=O)(=O)CCN2C(=O)CCCC2=O)CC1. The number of nitrogens with one attached hydrogen (secondary N) is 1. The maximum Gasteiger partial charge on any atom is 0.405 e. The number of carbonyl (C=O) groups is 3. The molecular formula is C15H22F3N3O5S. The first-order chi connectivity index (χ1) is 12.5. The molecule has 1 N–H and O–H groups in total. The third kappa shape index (κ3) is 6.16. The third-order valence-corrected chi connectivity index (χ3v) is 6.49. The second-order valence-electron chi connectivity index (χ2n) is 6.61. The Morgan fingerprint density at radius 1 is 1.11 bits per heavy atom. The van der Waals surface area contributed by atoms with Gasteiger partial charge in [-0.3, -0.25) is 19.3 Å². The summed E-state index contributed by atoms with van der Waals surface area (Å²) in [6.45, 7) is -1.61. The Hall–Kier alpha value is -1.69. The normalized spacial score (nSPS) is 20.8. The van der Waals surface area contributed by atoms with E-state index < -0.39 is 40.3 Å². The van der Waals surface area contributed by atoms with Crippen molar-refractivity contribution in [1.82, 2.24) is 14.5 Å². The van der Waals surface area contributed by atoms with Crippen LogP contribution in [0.25, 0.3) is 0 Å². The minimum atomic E-state index is -4.50. The van der Waals surface area contributed by atoms with Gasteiger partial charge in [0.2, 0.25) is 27.7 Å². The van der Waals surface area contributed by atoms with E-state index in [2.05, 4.69) is 0 Å². The summed E-state index contributed by atoms with van der Waals surface area (Å²) in [6.07, 6.45) is -3.38. The lowest BCUT2D eigenvalue weighted by molar-refractivity contribution is -0.147. The van der Waals surface area contributed by atoms with Crippen molar-refractivity contribution >= 4 is 27.7 Å². The van der Waals surface area contributed by atoms with Crippen LogP contribution in [-0.4, -0.2) is 73.5 Å². The van der Waals surface area contributed by atoms with Crippen LogP contribution in [0.3, 0.4) is 0 Å². The summed E-state index contributed by atoms with van der Waals surface area (Å²) in [5.74, 6) is -2.60. The van der Waals surface area contributed by atoms with E-state index in [1.807, 2.05) is 5.32 Å². The van der Waals surface area contributed by atoms with Crippen molar-refractivity contribution in [2.45, 2.75) is 38.3 Å². The van der Waals surface area contributed by atoms with Crippen molar-refractivity contribution in [1.29, 1.82) is 0 Å². The van der Waals surface area contributed by atoms with E-state index >= 15 is 0 Å². The van der Waals surface area contributed by atoms with Crippen molar-refractivity contribution in [2.24, 2.45) is 5.92 Å². The van der Waals surface area contributed by atoms with Crippen LogP contribution in [0, 0.1) is 5.92 Å². The van der Waals surface area contributed by atoms with Crippen molar-refractivity contribution < 1.29 is 36.0 Å². The Kier molecular flexibility index (Phi) is 6.84. The second-order valence-corrected chi connectivity index (χ2v) is 8.70. The molecule has 0 radical (unpaired) electrons. The van der Waals surface area contributed by atoms with Crippen LogP contribution in [0.15, 0.2) is 0 Å². The highest BCUT2D eigenvalue weighted by atomic mass is 32.2. The summed E-state index contributed by atoms with van der Waals surface area (Å²) in [7, 11) is -3.74. The molecule has 2 aliphatic rings. The highest BCUT2D eigenvalue weighted by molar-refractivity contribution is 7.89. The number of alkyl halides is 3. The quantitative estimate of drug-likeness (QED) is 0.629. The predicted octanol–water partition coefficient (Wildman–Crippen LogP) is 0.246. The lowest BCUT2D eigenvalue weighted by Gasteiger charge is -2.31. The van der Waals surface area contributed by atoms with Gasteiger partial charge in [0.15, 0.2) is 0 Å². The summed E-state index contributed by atoms with van der Waals surface area (Å²) < 4.78 is 62.4. The first kappa shape index (κ1) is 21.6. The largest absolute Gasteiger partial charge is 0.405 e. The number of halogens is 3. The summed E-state index contributed by atoms with van der Waals surface area (Å²) >= 11 is 0. The molecule has 154 valence electrons. The van der Waals surface area contributed by atoms with Crippen LogP contribution in [-0.2, 0) is 24.4 Å². The molecule has 8 nitrogen and oxygen atoms in total. The maximum atomic E-state index is 12.4. The third-order valence-electron chi connectivity index (χ3n) is 4.64. The van der Waals surface area contributed by atoms with Gasteiger partial charge in [-0.05, 0) is 19.3 Å². The number of piperidine rings is 2. The number of imide groups is 1. The molecule has 0 unspecified atom stereocenters. The summed E-state index contributed by atoms with van der Waals surface area (Å²) in [5, 5.41) is 1.81. The highest BCUT2D eigenvalue weighted by Crippen LogP contribution is 2.21. The Labute approximate surface area is 155 Å². The number of sulfonamides is 1. The predicted molar refractivity (Wildman–Crippen MR) is 87.7 cm³/mol. The molecule has 2 aliphatic heterocycles. The maximum absolute atomic E-state index is 12.4. The number of carbonyl (C=O) groups excluding carboxylic acids is 3. The molecule has 0 aromatic rings. The van der Waals surface area contributed by atoms with Gasteiger partial charge in [0.05, 0.1) is 5.75 Å². The zero-order chi connectivity index (χ0) is 20.2. The van der Waals surface area contributed by atoms with Gasteiger partial charge in [-0.1, -0.05) is 0 Å². The van der Waals surface area contributed by atoms with Crippen LogP contribution < -0.4 is 5.32 Å². The summed E-state index contributed by atoms with van der Waals surface area (Å²) in [5.41, 5.74) is 0. The molecule has 3 amide bonds. The lowest BCUT2D eigenvalue weighted by atomic mass is 9.97. The molecule has 0 atom stereocenters. The lowest BCUT2D eigenvalue weighted by Crippen LogP contribution is -2.47. The Balaban J connectivity index is 1.82. The van der Waals surface area contributed by atoms with Gasteiger partial charge in [0, 0.05) is 38.4 Å². The van der Waals surface area contributed by atoms with Gasteiger partial charge in [0.25, 0.3) is 0 Å². The molecule has 0 spiro atoms. The number of likely N-dealkylation sites (tertiary alicyclic amines) is 1. The summed E-state index contributed by atoms with van der Waals surface area (Å²) in [6, 6.07) is 0. The molecule has 2 heterocycles. The van der Waals surface area contributed by atoms with Gasteiger partial charge in [0.1, 0.15) is 6.54 Å². The number of hydrogen-bond donors (Lipinski definition) is 1. The van der Waals surface area contributed by atoms with Crippen LogP contribution in [0.2, 0.25) is 0 Å². The fourth-order valence-electron chi connectivity index (χ4n) is 3.11. The molecule has 2 fully saturated rings. The minimum absolute atomic E-state index is 0.00826. The molecule has 0 aliphatic carbocycles. The first-order valence-corrected chi connectivity index (χ1v) is 10.3. The molecule has 0 aromatic heterocycles. The average molecular weight is 413 g/mol. The fourth-order valence-corrected chi connectivity index (χ4v) is 4.55. The molecule has 2 saturated heterocycles. The number of amides is 3. The fraction of sp³-hybridized carbons (Fsp3) is 0.800. The zero-order valence-electron chi connectivity index (χ0n) is 14.6. The average Bonchev–Trinajstić information content (AvgIpc) is 2.58. The highest BCUT2D eigenvalue weighted by Gasteiger charge is 2.34. The molecule has 0 saturated carbocycles. The van der Waals surface area contributed by atoms with E-state index in [0.717, 1.165) is 9.21 Å². The second kappa shape index (κ2) is 8.55. The van der Waals surface area contributed by atoms with E-state index in [0.29, 0.717) is 6.42 Å². The standard InChI is InChI=1S/C15H22F3N3O5S/c16-15(17,18)10-19-14(24)11-4-6-20(7-5-11)27(25,26)9-8-21-12(22)2-1-3-13(21)23/h11H,1-10H2,(H,19,24). The molecular weight excluding hydrogens is 391 g/mol. The van der Waals surface area contributed by atoms with Crippen molar-refractivity contribution in [3.63, 3.8) is 0 Å². The van der Waals surface area contributed by atoms with E-state index in [-0.39, 0.29) is 57.1 Å². The number of nitrogens with zero attached hydrogens (tertiary/aromatic N) is 2. The summed E-state index contributed by atoms with van der Waals surface area (Å²) in [4.78, 5) is 36.1. The molecule has 12 heteroatoms. The van der Waals surface area contributed by atoms with Crippen LogP contribution in [0.1, 0.15) is 32.1 Å². The van der Waals surface area contributed by atoms with Gasteiger partial charge in [-0.15, -0.1) is 0 Å². The Morgan fingerprint density at radius 2 is 1.67 bits per heavy atom. The Bertz CT molecular complexity index is 671. The zero-order valence-corrected chi connectivity index (χ0v) is 15.4. The van der Waals surface area contributed by atoms with Gasteiger partial charge in [-0.25, -0.2) is 12.7 Å². The minimum Gasteiger partial charge on any atom is -0.347 e. The van der Waals surface area contributed by atoms with Gasteiger partial charge in [-0.2, -0.15) is 13.2 Å². The van der Waals surface area contributed by atoms with Gasteiger partial charge < -0.3 is 5.32 Å². The monoisotopic (exact) mass is 413 g/mol. The van der Waals surface area contributed by atoms with E-state index in [1.54, 1.807) is 0 Å². The van der Waals surface area contributed by atoms with Crippen molar-refractivity contribution in [2.75, 3.05) is 31.9 Å². The van der Waals surface area contributed by atoms with Crippen LogP contribution in [0.5, 0.6) is 0 Å². The smallest absolute Gasteiger partial charge is 0.347 e. The molecule has 0 aromatic carbocycles. The van der Waals surface area contributed by atoms with Crippen LogP contribution in [0.4, 0.5) is 13.2 Å². The van der Waals surface area contributed by atoms with E-state index in [1.165, 1.54) is 0 Å².